The van der Waals surface area contributed by atoms with Crippen LogP contribution in [0, 0.1) is 6.92 Å². The van der Waals surface area contributed by atoms with Crippen LogP contribution in [0.2, 0.25) is 0 Å². The summed E-state index contributed by atoms with van der Waals surface area (Å²) < 4.78 is 5.16. The normalized spacial score (nSPS) is 11.9. The highest BCUT2D eigenvalue weighted by Crippen LogP contribution is 2.30. The van der Waals surface area contributed by atoms with E-state index >= 15 is 0 Å². The van der Waals surface area contributed by atoms with Gasteiger partial charge in [0.05, 0.1) is 7.11 Å². The van der Waals surface area contributed by atoms with E-state index in [2.05, 4.69) is 0 Å². The number of aryl methyl sites for hydroxylation is 1. The van der Waals surface area contributed by atoms with Crippen LogP contribution in [-0.2, 0) is 4.79 Å². The van der Waals surface area contributed by atoms with Crippen LogP contribution in [0.5, 0.6) is 5.75 Å². The fraction of sp³-hybridized carbons (Fsp3) is 0.235. The summed E-state index contributed by atoms with van der Waals surface area (Å²) in [4.78, 5) is 11.3. The van der Waals surface area contributed by atoms with Gasteiger partial charge in [0.25, 0.3) is 0 Å². The number of hydrogen-bond acceptors (Lipinski definition) is 2. The number of carbonyl (C=O) groups is 1. The van der Waals surface area contributed by atoms with E-state index < -0.39 is 0 Å². The van der Waals surface area contributed by atoms with E-state index in [1.54, 1.807) is 7.11 Å². The van der Waals surface area contributed by atoms with Crippen molar-refractivity contribution in [2.75, 3.05) is 7.11 Å². The van der Waals surface area contributed by atoms with Crippen molar-refractivity contribution >= 4 is 16.8 Å². The predicted molar refractivity (Wildman–Crippen MR) is 81.5 cm³/mol. The standard InChI is InChI=1S/C17H17ClO2/c1-12-3-5-13(6-4-12)16(11-17(18)19)14-7-9-15(20-2)10-8-14/h3-10,16H,11H2,1-2H3. The summed E-state index contributed by atoms with van der Waals surface area (Å²) in [6.07, 6.45) is 0.289. The van der Waals surface area contributed by atoms with E-state index in [0.717, 1.165) is 16.9 Å². The molecule has 0 N–H and O–H groups in total. The molecule has 0 aliphatic carbocycles. The van der Waals surface area contributed by atoms with Crippen LogP contribution < -0.4 is 4.74 Å². The minimum atomic E-state index is -0.327. The van der Waals surface area contributed by atoms with Gasteiger partial charge in [-0.2, -0.15) is 0 Å². The first-order valence-corrected chi connectivity index (χ1v) is 6.87. The lowest BCUT2D eigenvalue weighted by atomic mass is 9.88. The van der Waals surface area contributed by atoms with Gasteiger partial charge in [0.2, 0.25) is 5.24 Å². The number of rotatable bonds is 5. The molecule has 0 radical (unpaired) electrons. The first kappa shape index (κ1) is 14.6. The highest BCUT2D eigenvalue weighted by Gasteiger charge is 2.17. The number of benzene rings is 2. The van der Waals surface area contributed by atoms with Crippen molar-refractivity contribution in [2.45, 2.75) is 19.3 Å². The van der Waals surface area contributed by atoms with Gasteiger partial charge < -0.3 is 4.74 Å². The average Bonchev–Trinajstić information content (AvgIpc) is 2.46. The van der Waals surface area contributed by atoms with Crippen molar-refractivity contribution < 1.29 is 9.53 Å². The van der Waals surface area contributed by atoms with Gasteiger partial charge in [0.15, 0.2) is 0 Å². The monoisotopic (exact) mass is 288 g/mol. The Kier molecular flexibility index (Phi) is 4.80. The summed E-state index contributed by atoms with van der Waals surface area (Å²) in [5.74, 6) is 0.778. The highest BCUT2D eigenvalue weighted by molar-refractivity contribution is 6.63. The zero-order valence-electron chi connectivity index (χ0n) is 11.6. The molecule has 0 aliphatic rings. The predicted octanol–water partition coefficient (Wildman–Crippen LogP) is 4.29. The second kappa shape index (κ2) is 6.58. The second-order valence-electron chi connectivity index (χ2n) is 4.80. The number of hydrogen-bond donors (Lipinski definition) is 0. The minimum absolute atomic E-state index is 0.0218. The van der Waals surface area contributed by atoms with E-state index in [1.165, 1.54) is 5.56 Å². The van der Waals surface area contributed by atoms with E-state index in [0.29, 0.717) is 0 Å². The van der Waals surface area contributed by atoms with Gasteiger partial charge in [-0.3, -0.25) is 4.79 Å². The third-order valence-electron chi connectivity index (χ3n) is 3.36. The Morgan fingerprint density at radius 3 is 2.00 bits per heavy atom. The van der Waals surface area contributed by atoms with Crippen LogP contribution in [0.1, 0.15) is 29.0 Å². The topological polar surface area (TPSA) is 26.3 Å². The molecule has 1 unspecified atom stereocenters. The summed E-state index contributed by atoms with van der Waals surface area (Å²) >= 11 is 5.60. The maximum absolute atomic E-state index is 11.3. The average molecular weight is 289 g/mol. The molecule has 0 amide bonds. The Labute approximate surface area is 124 Å². The Balaban J connectivity index is 2.35. The largest absolute Gasteiger partial charge is 0.497 e. The molecular weight excluding hydrogens is 272 g/mol. The van der Waals surface area contributed by atoms with Gasteiger partial charge in [-0.05, 0) is 41.8 Å². The summed E-state index contributed by atoms with van der Waals surface area (Å²) in [5, 5.41) is -0.327. The Bertz CT molecular complexity index is 573. The molecule has 0 saturated carbocycles. The quantitative estimate of drug-likeness (QED) is 0.767. The highest BCUT2D eigenvalue weighted by atomic mass is 35.5. The number of methoxy groups -OCH3 is 1. The fourth-order valence-electron chi connectivity index (χ4n) is 2.22. The van der Waals surface area contributed by atoms with Crippen molar-refractivity contribution in [3.63, 3.8) is 0 Å². The van der Waals surface area contributed by atoms with Crippen LogP contribution in [0.3, 0.4) is 0 Å². The lowest BCUT2D eigenvalue weighted by Gasteiger charge is -2.17. The number of ether oxygens (including phenoxy) is 1. The molecule has 0 fully saturated rings. The molecule has 2 nitrogen and oxygen atoms in total. The molecule has 0 aliphatic heterocycles. The van der Waals surface area contributed by atoms with Crippen molar-refractivity contribution in [1.82, 2.24) is 0 Å². The molecule has 0 saturated heterocycles. The number of carbonyl (C=O) groups excluding carboxylic acids is 1. The molecule has 20 heavy (non-hydrogen) atoms. The van der Waals surface area contributed by atoms with E-state index in [4.69, 9.17) is 16.3 Å². The van der Waals surface area contributed by atoms with Gasteiger partial charge in [0.1, 0.15) is 5.75 Å². The first-order chi connectivity index (χ1) is 9.60. The van der Waals surface area contributed by atoms with Gasteiger partial charge in [-0.25, -0.2) is 0 Å². The Morgan fingerprint density at radius 2 is 1.55 bits per heavy atom. The van der Waals surface area contributed by atoms with E-state index in [1.807, 2.05) is 55.5 Å². The minimum Gasteiger partial charge on any atom is -0.497 e. The second-order valence-corrected chi connectivity index (χ2v) is 5.22. The van der Waals surface area contributed by atoms with Gasteiger partial charge in [-0.1, -0.05) is 42.0 Å². The number of halogens is 1. The molecule has 2 aromatic rings. The molecule has 2 aromatic carbocycles. The smallest absolute Gasteiger partial charge is 0.222 e. The molecule has 2 rings (SSSR count). The van der Waals surface area contributed by atoms with E-state index in [-0.39, 0.29) is 17.6 Å². The lowest BCUT2D eigenvalue weighted by Crippen LogP contribution is -2.05. The summed E-state index contributed by atoms with van der Waals surface area (Å²) in [7, 11) is 1.63. The molecule has 0 aromatic heterocycles. The zero-order valence-corrected chi connectivity index (χ0v) is 12.4. The molecule has 0 spiro atoms. The third kappa shape index (κ3) is 3.61. The molecular formula is C17H17ClO2. The van der Waals surface area contributed by atoms with Crippen molar-refractivity contribution in [3.8, 4) is 5.75 Å². The molecule has 0 bridgehead atoms. The van der Waals surface area contributed by atoms with Crippen LogP contribution in [0.25, 0.3) is 0 Å². The Hall–Kier alpha value is -1.80. The summed E-state index contributed by atoms with van der Waals surface area (Å²) in [6, 6.07) is 15.9. The molecule has 0 heterocycles. The third-order valence-corrected chi connectivity index (χ3v) is 3.52. The van der Waals surface area contributed by atoms with Crippen molar-refractivity contribution in [2.24, 2.45) is 0 Å². The van der Waals surface area contributed by atoms with Crippen LogP contribution in [-0.4, -0.2) is 12.4 Å². The van der Waals surface area contributed by atoms with E-state index in [9.17, 15) is 4.79 Å². The maximum atomic E-state index is 11.3. The Morgan fingerprint density at radius 1 is 1.05 bits per heavy atom. The SMILES string of the molecule is COc1ccc(C(CC(=O)Cl)c2ccc(C)cc2)cc1. The fourth-order valence-corrected chi connectivity index (χ4v) is 2.38. The lowest BCUT2D eigenvalue weighted by molar-refractivity contribution is -0.111. The summed E-state index contributed by atoms with van der Waals surface area (Å²) in [6.45, 7) is 2.04. The molecule has 104 valence electrons. The van der Waals surface area contributed by atoms with Crippen LogP contribution in [0.4, 0.5) is 0 Å². The van der Waals surface area contributed by atoms with Gasteiger partial charge in [-0.15, -0.1) is 0 Å². The first-order valence-electron chi connectivity index (χ1n) is 6.49. The zero-order chi connectivity index (χ0) is 14.5. The van der Waals surface area contributed by atoms with Gasteiger partial charge in [0, 0.05) is 12.3 Å². The molecule has 3 heteroatoms. The van der Waals surface area contributed by atoms with Crippen LogP contribution in [0.15, 0.2) is 48.5 Å². The van der Waals surface area contributed by atoms with Crippen molar-refractivity contribution in [1.29, 1.82) is 0 Å². The summed E-state index contributed by atoms with van der Waals surface area (Å²) in [5.41, 5.74) is 3.35. The molecule has 1 atom stereocenters. The van der Waals surface area contributed by atoms with Crippen molar-refractivity contribution in [3.05, 3.63) is 65.2 Å². The maximum Gasteiger partial charge on any atom is 0.222 e. The van der Waals surface area contributed by atoms with Gasteiger partial charge >= 0.3 is 0 Å². The van der Waals surface area contributed by atoms with Crippen LogP contribution >= 0.6 is 11.6 Å².